The fraction of sp³-hybridized carbons (Fsp3) is 0.286. The second-order valence-corrected chi connectivity index (χ2v) is 5.93. The predicted molar refractivity (Wildman–Crippen MR) is 85.7 cm³/mol. The molecular formula is C14H15N5O3S. The van der Waals surface area contributed by atoms with E-state index in [-0.39, 0.29) is 4.88 Å². The number of aromatic amines is 1. The van der Waals surface area contributed by atoms with E-state index in [1.165, 1.54) is 6.33 Å². The number of carboxylic acids is 1. The van der Waals surface area contributed by atoms with E-state index in [2.05, 4.69) is 25.5 Å². The van der Waals surface area contributed by atoms with Gasteiger partial charge in [-0.3, -0.25) is 5.10 Å². The molecule has 0 unspecified atom stereocenters. The zero-order valence-electron chi connectivity index (χ0n) is 12.6. The third-order valence-electron chi connectivity index (χ3n) is 3.34. The van der Waals surface area contributed by atoms with Crippen LogP contribution in [0.1, 0.15) is 26.6 Å². The van der Waals surface area contributed by atoms with Gasteiger partial charge in [-0.2, -0.15) is 5.10 Å². The van der Waals surface area contributed by atoms with Gasteiger partial charge >= 0.3 is 5.97 Å². The number of fused-ring (bicyclic) bond motifs is 1. The number of carbonyl (C=O) groups is 1. The van der Waals surface area contributed by atoms with E-state index in [1.807, 2.05) is 6.07 Å². The van der Waals surface area contributed by atoms with Crippen LogP contribution in [0.5, 0.6) is 0 Å². The lowest BCUT2D eigenvalue weighted by Crippen LogP contribution is -2.03. The lowest BCUT2D eigenvalue weighted by Gasteiger charge is -2.05. The Labute approximate surface area is 135 Å². The third kappa shape index (κ3) is 3.01. The Morgan fingerprint density at radius 1 is 1.48 bits per heavy atom. The van der Waals surface area contributed by atoms with Gasteiger partial charge in [0.25, 0.3) is 0 Å². The molecule has 3 rings (SSSR count). The van der Waals surface area contributed by atoms with Gasteiger partial charge in [0.2, 0.25) is 0 Å². The highest BCUT2D eigenvalue weighted by Gasteiger charge is 2.18. The second-order valence-electron chi connectivity index (χ2n) is 4.93. The van der Waals surface area contributed by atoms with Crippen molar-refractivity contribution in [2.45, 2.75) is 20.1 Å². The summed E-state index contributed by atoms with van der Waals surface area (Å²) in [5.74, 6) is -0.339. The molecule has 0 fully saturated rings. The van der Waals surface area contributed by atoms with Crippen LogP contribution >= 0.6 is 11.3 Å². The van der Waals surface area contributed by atoms with Crippen LogP contribution in [0.25, 0.3) is 10.2 Å². The Kier molecular flexibility index (Phi) is 4.22. The quantitative estimate of drug-likeness (QED) is 0.633. The zero-order chi connectivity index (χ0) is 16.4. The average Bonchev–Trinajstić information content (AvgIpc) is 3.11. The summed E-state index contributed by atoms with van der Waals surface area (Å²) in [5.41, 5.74) is 2.37. The van der Waals surface area contributed by atoms with Crippen LogP contribution < -0.4 is 5.32 Å². The molecule has 8 nitrogen and oxygen atoms in total. The lowest BCUT2D eigenvalue weighted by atomic mass is 10.2. The smallest absolute Gasteiger partial charge is 0.346 e. The molecule has 0 saturated carbocycles. The Hall–Kier alpha value is -2.52. The molecule has 0 aliphatic carbocycles. The van der Waals surface area contributed by atoms with Gasteiger partial charge in [-0.1, -0.05) is 0 Å². The topological polar surface area (TPSA) is 113 Å². The molecule has 0 bridgehead atoms. The number of aromatic nitrogens is 4. The Balaban J connectivity index is 1.86. The lowest BCUT2D eigenvalue weighted by molar-refractivity contribution is 0.0701. The molecule has 120 valence electrons. The molecule has 0 saturated heterocycles. The van der Waals surface area contributed by atoms with Crippen molar-refractivity contribution in [3.05, 3.63) is 34.2 Å². The molecule has 0 aliphatic rings. The fourth-order valence-electron chi connectivity index (χ4n) is 2.31. The molecule has 0 amide bonds. The number of nitrogens with one attached hydrogen (secondary N) is 2. The van der Waals surface area contributed by atoms with E-state index in [0.717, 1.165) is 28.1 Å². The number of aromatic carboxylic acids is 1. The highest BCUT2D eigenvalue weighted by Crippen LogP contribution is 2.33. The van der Waals surface area contributed by atoms with Crippen molar-refractivity contribution < 1.29 is 14.6 Å². The first-order valence-corrected chi connectivity index (χ1v) is 7.65. The van der Waals surface area contributed by atoms with Gasteiger partial charge in [0.1, 0.15) is 21.9 Å². The molecule has 0 radical (unpaired) electrons. The van der Waals surface area contributed by atoms with E-state index in [0.29, 0.717) is 29.4 Å². The zero-order valence-corrected chi connectivity index (χ0v) is 13.4. The summed E-state index contributed by atoms with van der Waals surface area (Å²) in [6.45, 7) is 2.70. The minimum absolute atomic E-state index is 0.285. The van der Waals surface area contributed by atoms with Crippen LogP contribution in [0, 0.1) is 6.92 Å². The number of carboxylic acid groups (broad SMARTS) is 1. The SMILES string of the molecule is COCc1cc(CNc2ncnc3sc(C(=O)O)c(C)c23)[nH]n1. The number of thiophene rings is 1. The van der Waals surface area contributed by atoms with E-state index >= 15 is 0 Å². The highest BCUT2D eigenvalue weighted by atomic mass is 32.1. The van der Waals surface area contributed by atoms with Gasteiger partial charge < -0.3 is 15.2 Å². The molecule has 0 atom stereocenters. The summed E-state index contributed by atoms with van der Waals surface area (Å²) in [4.78, 5) is 20.6. The number of methoxy groups -OCH3 is 1. The number of ether oxygens (including phenoxy) is 1. The molecule has 0 spiro atoms. The maximum absolute atomic E-state index is 11.3. The summed E-state index contributed by atoms with van der Waals surface area (Å²) in [5, 5.41) is 20.2. The van der Waals surface area contributed by atoms with Gasteiger partial charge in [-0.15, -0.1) is 11.3 Å². The average molecular weight is 333 g/mol. The van der Waals surface area contributed by atoms with E-state index in [4.69, 9.17) is 4.74 Å². The maximum atomic E-state index is 11.3. The molecule has 0 aromatic carbocycles. The minimum Gasteiger partial charge on any atom is -0.477 e. The molecule has 9 heteroatoms. The number of nitrogens with zero attached hydrogens (tertiary/aromatic N) is 3. The van der Waals surface area contributed by atoms with Crippen molar-refractivity contribution in [1.82, 2.24) is 20.2 Å². The van der Waals surface area contributed by atoms with E-state index in [1.54, 1.807) is 14.0 Å². The molecule has 23 heavy (non-hydrogen) atoms. The summed E-state index contributed by atoms with van der Waals surface area (Å²) < 4.78 is 5.02. The van der Waals surface area contributed by atoms with Crippen molar-refractivity contribution in [2.75, 3.05) is 12.4 Å². The first-order chi connectivity index (χ1) is 11.1. The summed E-state index contributed by atoms with van der Waals surface area (Å²) in [7, 11) is 1.61. The number of aryl methyl sites for hydroxylation is 1. The van der Waals surface area contributed by atoms with Crippen LogP contribution in [0.3, 0.4) is 0 Å². The standard InChI is InChI=1S/C14H15N5O3S/c1-7-10-12(15-4-8-3-9(5-22-2)19-18-8)16-6-17-13(10)23-11(7)14(20)21/h3,6H,4-5H2,1-2H3,(H,18,19)(H,20,21)(H,15,16,17). The normalized spacial score (nSPS) is 11.0. The second kappa shape index (κ2) is 6.31. The van der Waals surface area contributed by atoms with E-state index in [9.17, 15) is 9.90 Å². The number of hydrogen-bond acceptors (Lipinski definition) is 7. The van der Waals surface area contributed by atoms with Crippen LogP contribution in [-0.2, 0) is 17.9 Å². The van der Waals surface area contributed by atoms with E-state index < -0.39 is 5.97 Å². The number of H-pyrrole nitrogens is 1. The molecule has 3 N–H and O–H groups in total. The first-order valence-electron chi connectivity index (χ1n) is 6.83. The van der Waals surface area contributed by atoms with Crippen LogP contribution in [0.2, 0.25) is 0 Å². The highest BCUT2D eigenvalue weighted by molar-refractivity contribution is 7.20. The van der Waals surface area contributed by atoms with Crippen LogP contribution in [0.4, 0.5) is 5.82 Å². The Morgan fingerprint density at radius 3 is 3.04 bits per heavy atom. The van der Waals surface area contributed by atoms with Crippen molar-refractivity contribution in [2.24, 2.45) is 0 Å². The molecule has 0 aliphatic heterocycles. The number of hydrogen-bond donors (Lipinski definition) is 3. The molecule has 3 heterocycles. The Morgan fingerprint density at radius 2 is 2.30 bits per heavy atom. The molecule has 3 aromatic heterocycles. The van der Waals surface area contributed by atoms with Gasteiger partial charge in [0.15, 0.2) is 0 Å². The number of anilines is 1. The fourth-order valence-corrected chi connectivity index (χ4v) is 3.30. The Bertz CT molecular complexity index is 857. The summed E-state index contributed by atoms with van der Waals surface area (Å²) >= 11 is 1.15. The van der Waals surface area contributed by atoms with Gasteiger partial charge in [0.05, 0.1) is 29.9 Å². The van der Waals surface area contributed by atoms with Crippen molar-refractivity contribution in [3.63, 3.8) is 0 Å². The molecule has 3 aromatic rings. The largest absolute Gasteiger partial charge is 0.477 e. The summed E-state index contributed by atoms with van der Waals surface area (Å²) in [6.07, 6.45) is 1.43. The number of rotatable bonds is 6. The predicted octanol–water partition coefficient (Wildman–Crippen LogP) is 2.18. The molecular weight excluding hydrogens is 318 g/mol. The van der Waals surface area contributed by atoms with Gasteiger partial charge in [-0.25, -0.2) is 14.8 Å². The van der Waals surface area contributed by atoms with Gasteiger partial charge in [-0.05, 0) is 18.6 Å². The van der Waals surface area contributed by atoms with Gasteiger partial charge in [0, 0.05) is 7.11 Å². The monoisotopic (exact) mass is 333 g/mol. The summed E-state index contributed by atoms with van der Waals surface area (Å²) in [6, 6.07) is 1.90. The van der Waals surface area contributed by atoms with Crippen molar-refractivity contribution in [1.29, 1.82) is 0 Å². The minimum atomic E-state index is -0.950. The maximum Gasteiger partial charge on any atom is 0.346 e. The van der Waals surface area contributed by atoms with Crippen molar-refractivity contribution >= 4 is 33.3 Å². The third-order valence-corrected chi connectivity index (χ3v) is 4.53. The van der Waals surface area contributed by atoms with Crippen LogP contribution in [-0.4, -0.2) is 38.4 Å². The van der Waals surface area contributed by atoms with Crippen molar-refractivity contribution in [3.8, 4) is 0 Å². The first kappa shape index (κ1) is 15.4. The van der Waals surface area contributed by atoms with Crippen LogP contribution in [0.15, 0.2) is 12.4 Å².